The maximum Gasteiger partial charge on any atom is 0.316 e. The van der Waals surface area contributed by atoms with Gasteiger partial charge in [0.2, 0.25) is 0 Å². The van der Waals surface area contributed by atoms with Gasteiger partial charge in [-0.05, 0) is 12.5 Å². The minimum Gasteiger partial charge on any atom is -0.351 e. The van der Waals surface area contributed by atoms with Crippen LogP contribution < -0.4 is 11.1 Å². The second-order valence-corrected chi connectivity index (χ2v) is 2.08. The van der Waals surface area contributed by atoms with E-state index in [9.17, 15) is 4.79 Å². The Morgan fingerprint density at radius 2 is 2.18 bits per heavy atom. The molecule has 0 aromatic carbocycles. The van der Waals surface area contributed by atoms with E-state index in [1.54, 1.807) is 13.1 Å². The van der Waals surface area contributed by atoms with Crippen molar-refractivity contribution in [2.75, 3.05) is 5.32 Å². The lowest BCUT2D eigenvalue weighted by Gasteiger charge is -2.01. The van der Waals surface area contributed by atoms with E-state index in [1.165, 1.54) is 6.20 Å². The molecule has 0 bridgehead atoms. The second kappa shape index (κ2) is 2.96. The minimum absolute atomic E-state index is 0.590. The standard InChI is InChI=1S/C6H8N4O/c1-4-2-8-9-3-5(4)10-6(7)11/h2-3H,1H3,(H3,7,8,10,11). The molecule has 0 saturated heterocycles. The molecule has 1 aromatic heterocycles. The zero-order chi connectivity index (χ0) is 8.27. The number of nitrogens with zero attached hydrogens (tertiary/aromatic N) is 2. The molecule has 0 aliphatic carbocycles. The Kier molecular flexibility index (Phi) is 2.00. The first kappa shape index (κ1) is 7.46. The van der Waals surface area contributed by atoms with Crippen molar-refractivity contribution in [2.24, 2.45) is 5.73 Å². The lowest BCUT2D eigenvalue weighted by Crippen LogP contribution is -2.20. The SMILES string of the molecule is Cc1cnncc1NC(N)=O. The summed E-state index contributed by atoms with van der Waals surface area (Å²) >= 11 is 0. The van der Waals surface area contributed by atoms with Gasteiger partial charge >= 0.3 is 6.03 Å². The highest BCUT2D eigenvalue weighted by Gasteiger charge is 1.98. The van der Waals surface area contributed by atoms with Crippen LogP contribution in [-0.2, 0) is 0 Å². The monoisotopic (exact) mass is 152 g/mol. The number of nitrogens with one attached hydrogen (secondary N) is 1. The molecule has 0 fully saturated rings. The number of nitrogens with two attached hydrogens (primary N) is 1. The van der Waals surface area contributed by atoms with Gasteiger partial charge in [-0.2, -0.15) is 10.2 Å². The fourth-order valence-corrected chi connectivity index (χ4v) is 0.646. The number of amides is 2. The molecule has 2 amide bonds. The van der Waals surface area contributed by atoms with Gasteiger partial charge in [-0.3, -0.25) is 0 Å². The van der Waals surface area contributed by atoms with Crippen LogP contribution in [0.25, 0.3) is 0 Å². The maximum absolute atomic E-state index is 10.4. The van der Waals surface area contributed by atoms with Gasteiger partial charge in [0.05, 0.1) is 18.1 Å². The van der Waals surface area contributed by atoms with Crippen LogP contribution in [0.1, 0.15) is 5.56 Å². The molecule has 5 nitrogen and oxygen atoms in total. The Morgan fingerprint density at radius 3 is 2.73 bits per heavy atom. The molecule has 0 spiro atoms. The Bertz CT molecular complexity index is 273. The second-order valence-electron chi connectivity index (χ2n) is 2.08. The van der Waals surface area contributed by atoms with E-state index >= 15 is 0 Å². The van der Waals surface area contributed by atoms with Gasteiger partial charge in [-0.1, -0.05) is 0 Å². The summed E-state index contributed by atoms with van der Waals surface area (Å²) in [4.78, 5) is 10.4. The van der Waals surface area contributed by atoms with E-state index in [0.717, 1.165) is 5.56 Å². The topological polar surface area (TPSA) is 80.9 Å². The molecule has 1 heterocycles. The van der Waals surface area contributed by atoms with E-state index in [0.29, 0.717) is 5.69 Å². The van der Waals surface area contributed by atoms with Crippen molar-refractivity contribution in [3.8, 4) is 0 Å². The van der Waals surface area contributed by atoms with Gasteiger partial charge in [0.15, 0.2) is 0 Å². The van der Waals surface area contributed by atoms with E-state index in [1.807, 2.05) is 0 Å². The molecule has 11 heavy (non-hydrogen) atoms. The Morgan fingerprint density at radius 1 is 1.55 bits per heavy atom. The number of carbonyl (C=O) groups is 1. The number of aryl methyl sites for hydroxylation is 1. The number of hydrogen-bond donors (Lipinski definition) is 2. The zero-order valence-electron chi connectivity index (χ0n) is 6.03. The quantitative estimate of drug-likeness (QED) is 0.606. The number of primary amides is 1. The first-order valence-electron chi connectivity index (χ1n) is 3.04. The van der Waals surface area contributed by atoms with E-state index in [2.05, 4.69) is 15.5 Å². The summed E-state index contributed by atoms with van der Waals surface area (Å²) in [5, 5.41) is 9.60. The molecule has 58 valence electrons. The van der Waals surface area contributed by atoms with Crippen molar-refractivity contribution >= 4 is 11.7 Å². The molecule has 0 aliphatic heterocycles. The van der Waals surface area contributed by atoms with Crippen molar-refractivity contribution in [3.05, 3.63) is 18.0 Å². The summed E-state index contributed by atoms with van der Waals surface area (Å²) in [5.41, 5.74) is 6.32. The predicted octanol–water partition coefficient (Wildman–Crippen LogP) is 0.276. The normalized spacial score (nSPS) is 9.18. The van der Waals surface area contributed by atoms with Crippen LogP contribution in [0.3, 0.4) is 0 Å². The Hall–Kier alpha value is -1.65. The molecule has 0 saturated carbocycles. The lowest BCUT2D eigenvalue weighted by atomic mass is 10.3. The largest absolute Gasteiger partial charge is 0.351 e. The predicted molar refractivity (Wildman–Crippen MR) is 40.0 cm³/mol. The van der Waals surface area contributed by atoms with Crippen LogP contribution in [0.2, 0.25) is 0 Å². The number of urea groups is 1. The number of carbonyl (C=O) groups excluding carboxylic acids is 1. The van der Waals surface area contributed by atoms with Gasteiger partial charge in [0, 0.05) is 0 Å². The molecular formula is C6H8N4O. The number of aromatic nitrogens is 2. The zero-order valence-corrected chi connectivity index (χ0v) is 6.03. The maximum atomic E-state index is 10.4. The number of hydrogen-bond acceptors (Lipinski definition) is 3. The van der Waals surface area contributed by atoms with Crippen LogP contribution in [0.5, 0.6) is 0 Å². The Balaban J connectivity index is 2.86. The van der Waals surface area contributed by atoms with Crippen molar-refractivity contribution < 1.29 is 4.79 Å². The summed E-state index contributed by atoms with van der Waals surface area (Å²) in [6.45, 7) is 1.81. The Labute approximate surface area is 63.6 Å². The van der Waals surface area contributed by atoms with Gasteiger partial charge in [0.25, 0.3) is 0 Å². The van der Waals surface area contributed by atoms with Crippen molar-refractivity contribution in [1.82, 2.24) is 10.2 Å². The van der Waals surface area contributed by atoms with Gasteiger partial charge < -0.3 is 11.1 Å². The lowest BCUT2D eigenvalue weighted by molar-refractivity contribution is 0.259. The molecule has 0 radical (unpaired) electrons. The van der Waals surface area contributed by atoms with Crippen molar-refractivity contribution in [3.63, 3.8) is 0 Å². The van der Waals surface area contributed by atoms with Crippen molar-refractivity contribution in [2.45, 2.75) is 6.92 Å². The molecule has 1 rings (SSSR count). The molecule has 0 atom stereocenters. The smallest absolute Gasteiger partial charge is 0.316 e. The minimum atomic E-state index is -0.596. The third-order valence-corrected chi connectivity index (χ3v) is 1.19. The molecule has 0 aliphatic rings. The van der Waals surface area contributed by atoms with Gasteiger partial charge in [0.1, 0.15) is 0 Å². The first-order valence-corrected chi connectivity index (χ1v) is 3.04. The number of anilines is 1. The van der Waals surface area contributed by atoms with Crippen LogP contribution in [0.4, 0.5) is 10.5 Å². The first-order chi connectivity index (χ1) is 5.20. The highest BCUT2D eigenvalue weighted by molar-refractivity contribution is 5.88. The molecule has 5 heteroatoms. The van der Waals surface area contributed by atoms with E-state index in [4.69, 9.17) is 5.73 Å². The van der Waals surface area contributed by atoms with Gasteiger partial charge in [-0.15, -0.1) is 0 Å². The molecule has 1 aromatic rings. The van der Waals surface area contributed by atoms with Crippen LogP contribution in [0.15, 0.2) is 12.4 Å². The summed E-state index contributed by atoms with van der Waals surface area (Å²) in [7, 11) is 0. The summed E-state index contributed by atoms with van der Waals surface area (Å²) in [6, 6.07) is -0.596. The average Bonchev–Trinajstić information content (AvgIpc) is 1.93. The van der Waals surface area contributed by atoms with Crippen LogP contribution in [0, 0.1) is 6.92 Å². The van der Waals surface area contributed by atoms with Crippen LogP contribution >= 0.6 is 0 Å². The number of rotatable bonds is 1. The van der Waals surface area contributed by atoms with Crippen LogP contribution in [-0.4, -0.2) is 16.2 Å². The summed E-state index contributed by atoms with van der Waals surface area (Å²) in [5.74, 6) is 0. The molecular weight excluding hydrogens is 144 g/mol. The van der Waals surface area contributed by atoms with E-state index < -0.39 is 6.03 Å². The fraction of sp³-hybridized carbons (Fsp3) is 0.167. The molecule has 0 unspecified atom stereocenters. The third kappa shape index (κ3) is 1.89. The highest BCUT2D eigenvalue weighted by Crippen LogP contribution is 2.08. The third-order valence-electron chi connectivity index (χ3n) is 1.19. The van der Waals surface area contributed by atoms with Crippen molar-refractivity contribution in [1.29, 1.82) is 0 Å². The highest BCUT2D eigenvalue weighted by atomic mass is 16.2. The van der Waals surface area contributed by atoms with E-state index in [-0.39, 0.29) is 0 Å². The van der Waals surface area contributed by atoms with Gasteiger partial charge in [-0.25, -0.2) is 4.79 Å². The molecule has 3 N–H and O–H groups in total. The average molecular weight is 152 g/mol. The summed E-state index contributed by atoms with van der Waals surface area (Å²) < 4.78 is 0. The fourth-order valence-electron chi connectivity index (χ4n) is 0.646. The summed E-state index contributed by atoms with van der Waals surface area (Å²) in [6.07, 6.45) is 2.99.